The molecule has 0 saturated heterocycles. The van der Waals surface area contributed by atoms with Crippen LogP contribution in [0.3, 0.4) is 0 Å². The maximum absolute atomic E-state index is 12.9. The highest BCUT2D eigenvalue weighted by Crippen LogP contribution is 2.32. The van der Waals surface area contributed by atoms with Crippen molar-refractivity contribution in [3.05, 3.63) is 65.5 Å². The van der Waals surface area contributed by atoms with Crippen molar-refractivity contribution in [2.75, 3.05) is 12.9 Å². The molecular formula is C19H15ClF2N2O3S. The van der Waals surface area contributed by atoms with Gasteiger partial charge in [0.05, 0.1) is 12.9 Å². The fraction of sp³-hybridized carbons (Fsp3) is 0.211. The number of methoxy groups -OCH3 is 1. The first-order valence-corrected chi connectivity index (χ1v) is 9.65. The Balaban J connectivity index is 1.56. The number of rotatable bonds is 8. The molecule has 0 fully saturated rings. The fourth-order valence-corrected chi connectivity index (χ4v) is 3.29. The first kappa shape index (κ1) is 20.3. The number of hydrogen-bond acceptors (Lipinski definition) is 6. The van der Waals surface area contributed by atoms with Gasteiger partial charge in [0, 0.05) is 16.9 Å². The van der Waals surface area contributed by atoms with Crippen LogP contribution in [-0.4, -0.2) is 28.8 Å². The van der Waals surface area contributed by atoms with E-state index in [0.717, 1.165) is 11.3 Å². The highest BCUT2D eigenvalue weighted by atomic mass is 35.5. The van der Waals surface area contributed by atoms with Crippen molar-refractivity contribution in [2.45, 2.75) is 11.1 Å². The maximum atomic E-state index is 12.9. The van der Waals surface area contributed by atoms with Crippen LogP contribution in [0.15, 0.2) is 53.1 Å². The normalized spacial score (nSPS) is 11.4. The SMILES string of the molecule is COc1ccc(CSCC(=O)c2ccc(-c3noc(C(F)(F)Cl)n3)cc2)cc1. The van der Waals surface area contributed by atoms with Crippen LogP contribution in [-0.2, 0) is 11.1 Å². The average Bonchev–Trinajstić information content (AvgIpc) is 3.19. The van der Waals surface area contributed by atoms with Crippen molar-refractivity contribution in [1.82, 2.24) is 10.1 Å². The molecular weight excluding hydrogens is 410 g/mol. The highest BCUT2D eigenvalue weighted by molar-refractivity contribution is 7.99. The lowest BCUT2D eigenvalue weighted by atomic mass is 10.1. The zero-order chi connectivity index (χ0) is 20.1. The number of benzene rings is 2. The maximum Gasteiger partial charge on any atom is 0.400 e. The Morgan fingerprint density at radius 2 is 1.86 bits per heavy atom. The van der Waals surface area contributed by atoms with E-state index in [1.165, 1.54) is 11.8 Å². The van der Waals surface area contributed by atoms with Crippen LogP contribution in [0.1, 0.15) is 21.8 Å². The predicted octanol–water partition coefficient (Wildman–Crippen LogP) is 5.15. The summed E-state index contributed by atoms with van der Waals surface area (Å²) in [7, 11) is 1.61. The molecule has 1 heterocycles. The lowest BCUT2D eigenvalue weighted by Gasteiger charge is -2.04. The predicted molar refractivity (Wildman–Crippen MR) is 103 cm³/mol. The van der Waals surface area contributed by atoms with Crippen LogP contribution in [0.5, 0.6) is 5.75 Å². The fourth-order valence-electron chi connectivity index (χ4n) is 2.33. The zero-order valence-corrected chi connectivity index (χ0v) is 16.3. The Bertz CT molecular complexity index is 941. The van der Waals surface area contributed by atoms with E-state index in [1.54, 1.807) is 31.4 Å². The number of Topliss-reactive ketones (excluding diaryl/α,β-unsaturated/α-hetero) is 1. The van der Waals surface area contributed by atoms with Gasteiger partial charge >= 0.3 is 11.3 Å². The van der Waals surface area contributed by atoms with E-state index in [1.807, 2.05) is 24.3 Å². The Hall–Kier alpha value is -2.45. The highest BCUT2D eigenvalue weighted by Gasteiger charge is 2.35. The monoisotopic (exact) mass is 424 g/mol. The van der Waals surface area contributed by atoms with Gasteiger partial charge in [-0.25, -0.2) is 0 Å². The largest absolute Gasteiger partial charge is 0.497 e. The van der Waals surface area contributed by atoms with E-state index in [2.05, 4.69) is 14.7 Å². The average molecular weight is 425 g/mol. The molecule has 0 amide bonds. The standard InChI is InChI=1S/C19H15ClF2N2O3S/c1-26-15-8-2-12(3-9-15)10-28-11-16(25)13-4-6-14(7-5-13)17-23-18(27-24-17)19(20,21)22/h2-9H,10-11H2,1H3. The summed E-state index contributed by atoms with van der Waals surface area (Å²) in [5.41, 5.74) is 2.05. The number of aromatic nitrogens is 2. The van der Waals surface area contributed by atoms with Crippen LogP contribution in [0.4, 0.5) is 8.78 Å². The molecule has 0 N–H and O–H groups in total. The zero-order valence-electron chi connectivity index (χ0n) is 14.7. The third-order valence-electron chi connectivity index (χ3n) is 3.79. The number of thioether (sulfide) groups is 1. The Morgan fingerprint density at radius 1 is 1.18 bits per heavy atom. The molecule has 0 bridgehead atoms. The van der Waals surface area contributed by atoms with Gasteiger partial charge in [-0.3, -0.25) is 4.79 Å². The Labute approximate surface area is 169 Å². The second-order valence-electron chi connectivity index (χ2n) is 5.76. The molecule has 3 rings (SSSR count). The van der Waals surface area contributed by atoms with Gasteiger partial charge in [-0.2, -0.15) is 13.8 Å². The minimum atomic E-state index is -3.72. The molecule has 5 nitrogen and oxygen atoms in total. The number of halogens is 3. The molecule has 3 aromatic rings. The number of nitrogens with zero attached hydrogens (tertiary/aromatic N) is 2. The van der Waals surface area contributed by atoms with Gasteiger partial charge in [-0.1, -0.05) is 41.6 Å². The summed E-state index contributed by atoms with van der Waals surface area (Å²) in [6.45, 7) is 0. The lowest BCUT2D eigenvalue weighted by Crippen LogP contribution is -2.03. The number of alkyl halides is 3. The van der Waals surface area contributed by atoms with E-state index in [0.29, 0.717) is 22.6 Å². The molecule has 0 unspecified atom stereocenters. The smallest absolute Gasteiger partial charge is 0.400 e. The van der Waals surface area contributed by atoms with Crippen molar-refractivity contribution < 1.29 is 22.8 Å². The molecule has 0 atom stereocenters. The first-order valence-electron chi connectivity index (χ1n) is 8.12. The van der Waals surface area contributed by atoms with Crippen molar-refractivity contribution >= 4 is 29.1 Å². The molecule has 0 spiro atoms. The van der Waals surface area contributed by atoms with Crippen molar-refractivity contribution in [3.8, 4) is 17.1 Å². The molecule has 0 radical (unpaired) electrons. The van der Waals surface area contributed by atoms with Crippen LogP contribution in [0, 0.1) is 0 Å². The molecule has 1 aromatic heterocycles. The van der Waals surface area contributed by atoms with Crippen LogP contribution in [0.2, 0.25) is 0 Å². The van der Waals surface area contributed by atoms with Crippen LogP contribution in [0.25, 0.3) is 11.4 Å². The molecule has 9 heteroatoms. The molecule has 28 heavy (non-hydrogen) atoms. The van der Waals surface area contributed by atoms with E-state index in [-0.39, 0.29) is 11.6 Å². The summed E-state index contributed by atoms with van der Waals surface area (Å²) in [5, 5.41) is -0.246. The Morgan fingerprint density at radius 3 is 2.43 bits per heavy atom. The molecule has 0 saturated carbocycles. The van der Waals surface area contributed by atoms with E-state index < -0.39 is 11.3 Å². The first-order chi connectivity index (χ1) is 13.4. The third-order valence-corrected chi connectivity index (χ3v) is 4.96. The summed E-state index contributed by atoms with van der Waals surface area (Å²) in [6, 6.07) is 14.0. The summed E-state index contributed by atoms with van der Waals surface area (Å²) in [5.74, 6) is 0.768. The van der Waals surface area contributed by atoms with Gasteiger partial charge < -0.3 is 9.26 Å². The van der Waals surface area contributed by atoms with Gasteiger partial charge in [0.25, 0.3) is 0 Å². The van der Waals surface area contributed by atoms with E-state index >= 15 is 0 Å². The van der Waals surface area contributed by atoms with Gasteiger partial charge in [-0.05, 0) is 29.3 Å². The van der Waals surface area contributed by atoms with Gasteiger partial charge in [0.2, 0.25) is 5.82 Å². The van der Waals surface area contributed by atoms with Crippen LogP contribution >= 0.6 is 23.4 Å². The van der Waals surface area contributed by atoms with Gasteiger partial charge in [0.1, 0.15) is 5.75 Å². The molecule has 0 aliphatic carbocycles. The summed E-state index contributed by atoms with van der Waals surface area (Å²) < 4.78 is 35.5. The van der Waals surface area contributed by atoms with Gasteiger partial charge in [0.15, 0.2) is 5.78 Å². The second kappa shape index (κ2) is 8.70. The minimum Gasteiger partial charge on any atom is -0.497 e. The number of ketones is 1. The van der Waals surface area contributed by atoms with E-state index in [9.17, 15) is 13.6 Å². The number of carbonyl (C=O) groups is 1. The molecule has 0 aliphatic heterocycles. The minimum absolute atomic E-state index is 0.0248. The van der Waals surface area contributed by atoms with Crippen molar-refractivity contribution in [3.63, 3.8) is 0 Å². The number of ether oxygens (including phenoxy) is 1. The van der Waals surface area contributed by atoms with Gasteiger partial charge in [-0.15, -0.1) is 11.8 Å². The summed E-state index contributed by atoms with van der Waals surface area (Å²) >= 11 is 6.35. The number of hydrogen-bond donors (Lipinski definition) is 0. The third kappa shape index (κ3) is 5.08. The molecule has 146 valence electrons. The molecule has 2 aromatic carbocycles. The van der Waals surface area contributed by atoms with E-state index in [4.69, 9.17) is 16.3 Å². The molecule has 0 aliphatic rings. The summed E-state index contributed by atoms with van der Waals surface area (Å²) in [4.78, 5) is 15.9. The number of carbonyl (C=O) groups excluding carboxylic acids is 1. The quantitative estimate of drug-likeness (QED) is 0.368. The topological polar surface area (TPSA) is 65.2 Å². The summed E-state index contributed by atoms with van der Waals surface area (Å²) in [6.07, 6.45) is 0. The second-order valence-corrected chi connectivity index (χ2v) is 7.22. The Kier molecular flexibility index (Phi) is 6.31. The van der Waals surface area contributed by atoms with Crippen molar-refractivity contribution in [1.29, 1.82) is 0 Å². The van der Waals surface area contributed by atoms with Crippen LogP contribution < -0.4 is 4.74 Å². The lowest BCUT2D eigenvalue weighted by molar-refractivity contribution is 0.0551. The van der Waals surface area contributed by atoms with Crippen molar-refractivity contribution in [2.24, 2.45) is 0 Å².